The van der Waals surface area contributed by atoms with Crippen molar-refractivity contribution in [1.29, 1.82) is 0 Å². The van der Waals surface area contributed by atoms with Gasteiger partial charge in [0.25, 0.3) is 0 Å². The zero-order chi connectivity index (χ0) is 16.3. The van der Waals surface area contributed by atoms with E-state index in [1.165, 1.54) is 0 Å². The lowest BCUT2D eigenvalue weighted by atomic mass is 10.2. The van der Waals surface area contributed by atoms with Crippen LogP contribution in [0.4, 0.5) is 0 Å². The summed E-state index contributed by atoms with van der Waals surface area (Å²) in [7, 11) is -3.26. The Morgan fingerprint density at radius 2 is 1.68 bits per heavy atom. The van der Waals surface area contributed by atoms with Crippen LogP contribution in [-0.4, -0.2) is 24.4 Å². The number of nitrogens with zero attached hydrogens (tertiary/aromatic N) is 1. The van der Waals surface area contributed by atoms with E-state index in [1.54, 1.807) is 4.67 Å². The first-order valence-corrected chi connectivity index (χ1v) is 9.49. The maximum Gasteiger partial charge on any atom is 0.408 e. The van der Waals surface area contributed by atoms with Crippen LogP contribution in [0.2, 0.25) is 0 Å². The van der Waals surface area contributed by atoms with Crippen molar-refractivity contribution in [1.82, 2.24) is 4.67 Å². The molecule has 0 bridgehead atoms. The van der Waals surface area contributed by atoms with Gasteiger partial charge in [0.15, 0.2) is 0 Å². The van der Waals surface area contributed by atoms with Gasteiger partial charge >= 0.3 is 7.75 Å². The van der Waals surface area contributed by atoms with Crippen LogP contribution in [0.1, 0.15) is 39.2 Å². The van der Waals surface area contributed by atoms with Gasteiger partial charge < -0.3 is 0 Å². The molecule has 0 atom stereocenters. The maximum atomic E-state index is 13.0. The molecule has 0 radical (unpaired) electrons. The van der Waals surface area contributed by atoms with Gasteiger partial charge in [0.05, 0.1) is 13.2 Å². The summed E-state index contributed by atoms with van der Waals surface area (Å²) in [5.74, 6) is 0. The van der Waals surface area contributed by atoms with Crippen molar-refractivity contribution in [2.75, 3.05) is 19.8 Å². The summed E-state index contributed by atoms with van der Waals surface area (Å²) in [5, 5.41) is 0. The van der Waals surface area contributed by atoms with E-state index >= 15 is 0 Å². The Kier molecular flexibility index (Phi) is 9.33. The molecule has 0 unspecified atom stereocenters. The summed E-state index contributed by atoms with van der Waals surface area (Å²) in [6.07, 6.45) is 6.27. The molecule has 0 N–H and O–H groups in total. The van der Waals surface area contributed by atoms with Crippen LogP contribution in [0, 0.1) is 0 Å². The molecule has 1 aromatic carbocycles. The normalized spacial score (nSPS) is 12.4. The Bertz CT molecular complexity index is 466. The van der Waals surface area contributed by atoms with E-state index in [-0.39, 0.29) is 0 Å². The minimum absolute atomic E-state index is 0.362. The Labute approximate surface area is 134 Å². The Morgan fingerprint density at radius 1 is 1.05 bits per heavy atom. The molecule has 0 aliphatic carbocycles. The number of hydrogen-bond acceptors (Lipinski definition) is 3. The smallest absolute Gasteiger partial charge is 0.297 e. The Hall–Kier alpha value is -0.930. The lowest BCUT2D eigenvalue weighted by molar-refractivity contribution is 0.169. The van der Waals surface area contributed by atoms with Gasteiger partial charge in [-0.25, -0.2) is 9.24 Å². The fourth-order valence-corrected chi connectivity index (χ4v) is 3.74. The Morgan fingerprint density at radius 3 is 2.23 bits per heavy atom. The fraction of sp³-hybridized carbons (Fsp3) is 0.529. The molecule has 0 saturated heterocycles. The standard InChI is InChI=1S/C17H28NO3P/c1-4-7-8-12-15-18(16-17-13-10-9-11-14-17)22(19,20-5-2)21-6-3/h8-14H,4-7,15-16H2,1-3H3/b12-8+. The highest BCUT2D eigenvalue weighted by molar-refractivity contribution is 7.51. The van der Waals surface area contributed by atoms with E-state index in [4.69, 9.17) is 9.05 Å². The first-order valence-electron chi connectivity index (χ1n) is 7.99. The monoisotopic (exact) mass is 325 g/mol. The molecule has 5 heteroatoms. The molecule has 22 heavy (non-hydrogen) atoms. The van der Waals surface area contributed by atoms with Crippen LogP contribution in [0.15, 0.2) is 42.5 Å². The van der Waals surface area contributed by atoms with Gasteiger partial charge in [0.1, 0.15) is 0 Å². The molecule has 0 aliphatic heterocycles. The third kappa shape index (κ3) is 6.45. The highest BCUT2D eigenvalue weighted by Crippen LogP contribution is 2.52. The first-order chi connectivity index (χ1) is 10.7. The molecule has 0 aromatic heterocycles. The van der Waals surface area contributed by atoms with Crippen molar-refractivity contribution in [3.8, 4) is 0 Å². The molecule has 4 nitrogen and oxygen atoms in total. The van der Waals surface area contributed by atoms with E-state index < -0.39 is 7.75 Å². The van der Waals surface area contributed by atoms with Gasteiger partial charge in [-0.05, 0) is 25.8 Å². The molecule has 0 amide bonds. The molecular weight excluding hydrogens is 297 g/mol. The SMILES string of the molecule is CCC/C=C/CN(Cc1ccccc1)P(=O)(OCC)OCC. The van der Waals surface area contributed by atoms with E-state index in [2.05, 4.69) is 13.0 Å². The Balaban J connectivity index is 2.90. The van der Waals surface area contributed by atoms with Gasteiger partial charge in [-0.15, -0.1) is 0 Å². The second-order valence-electron chi connectivity index (χ2n) is 4.90. The third-order valence-electron chi connectivity index (χ3n) is 3.08. The second-order valence-corrected chi connectivity index (χ2v) is 6.92. The van der Waals surface area contributed by atoms with Gasteiger partial charge in [-0.3, -0.25) is 9.05 Å². The molecule has 0 fully saturated rings. The van der Waals surface area contributed by atoms with Crippen LogP contribution >= 0.6 is 7.75 Å². The largest absolute Gasteiger partial charge is 0.408 e. The van der Waals surface area contributed by atoms with Gasteiger partial charge in [0, 0.05) is 13.1 Å². The number of hydrogen-bond donors (Lipinski definition) is 0. The van der Waals surface area contributed by atoms with Crippen LogP contribution in [0.5, 0.6) is 0 Å². The van der Waals surface area contributed by atoms with Crippen LogP contribution in [0.25, 0.3) is 0 Å². The van der Waals surface area contributed by atoms with E-state index in [9.17, 15) is 4.57 Å². The summed E-state index contributed by atoms with van der Waals surface area (Å²) in [6, 6.07) is 9.97. The summed E-state index contributed by atoms with van der Waals surface area (Å²) >= 11 is 0. The van der Waals surface area contributed by atoms with Crippen molar-refractivity contribution in [3.63, 3.8) is 0 Å². The number of benzene rings is 1. The number of allylic oxidation sites excluding steroid dienone is 1. The maximum absolute atomic E-state index is 13.0. The number of rotatable bonds is 11. The van der Waals surface area contributed by atoms with E-state index in [0.29, 0.717) is 26.3 Å². The van der Waals surface area contributed by atoms with Crippen molar-refractivity contribution in [2.24, 2.45) is 0 Å². The summed E-state index contributed by atoms with van der Waals surface area (Å²) in [6.45, 7) is 7.61. The molecule has 1 aromatic rings. The lowest BCUT2D eigenvalue weighted by Crippen LogP contribution is -2.23. The molecule has 0 spiro atoms. The molecule has 0 saturated carbocycles. The number of unbranched alkanes of at least 4 members (excludes halogenated alkanes) is 1. The zero-order valence-corrected chi connectivity index (χ0v) is 14.8. The molecule has 1 rings (SSSR count). The first kappa shape index (κ1) is 19.1. The molecular formula is C17H28NO3P. The minimum atomic E-state index is -3.26. The van der Waals surface area contributed by atoms with Crippen LogP contribution in [-0.2, 0) is 20.2 Å². The van der Waals surface area contributed by atoms with Gasteiger partial charge in [-0.2, -0.15) is 0 Å². The minimum Gasteiger partial charge on any atom is -0.297 e. The quantitative estimate of drug-likeness (QED) is 0.423. The molecule has 0 aliphatic rings. The van der Waals surface area contributed by atoms with Crippen molar-refractivity contribution < 1.29 is 13.6 Å². The summed E-state index contributed by atoms with van der Waals surface area (Å²) < 4.78 is 25.8. The highest BCUT2D eigenvalue weighted by Gasteiger charge is 2.32. The average molecular weight is 325 g/mol. The fourth-order valence-electron chi connectivity index (χ4n) is 2.05. The van der Waals surface area contributed by atoms with Crippen LogP contribution in [0.3, 0.4) is 0 Å². The highest BCUT2D eigenvalue weighted by atomic mass is 31.2. The van der Waals surface area contributed by atoms with Gasteiger partial charge in [-0.1, -0.05) is 55.8 Å². The van der Waals surface area contributed by atoms with Gasteiger partial charge in [0.2, 0.25) is 0 Å². The predicted molar refractivity (Wildman–Crippen MR) is 91.8 cm³/mol. The summed E-state index contributed by atoms with van der Waals surface area (Å²) in [4.78, 5) is 0. The average Bonchev–Trinajstić information content (AvgIpc) is 2.52. The molecule has 0 heterocycles. The predicted octanol–water partition coefficient (Wildman–Crippen LogP) is 5.03. The van der Waals surface area contributed by atoms with Crippen molar-refractivity contribution in [2.45, 2.75) is 40.2 Å². The van der Waals surface area contributed by atoms with Crippen LogP contribution < -0.4 is 0 Å². The van der Waals surface area contributed by atoms with Crippen molar-refractivity contribution >= 4 is 7.75 Å². The van der Waals surface area contributed by atoms with E-state index in [0.717, 1.165) is 18.4 Å². The molecule has 124 valence electrons. The van der Waals surface area contributed by atoms with E-state index in [1.807, 2.05) is 50.3 Å². The summed E-state index contributed by atoms with van der Waals surface area (Å²) in [5.41, 5.74) is 1.09. The topological polar surface area (TPSA) is 38.8 Å². The lowest BCUT2D eigenvalue weighted by Gasteiger charge is -2.28. The second kappa shape index (κ2) is 10.7. The van der Waals surface area contributed by atoms with Crippen molar-refractivity contribution in [3.05, 3.63) is 48.0 Å². The zero-order valence-electron chi connectivity index (χ0n) is 13.9. The third-order valence-corrected chi connectivity index (χ3v) is 5.24.